The number of methoxy groups -OCH3 is 2. The summed E-state index contributed by atoms with van der Waals surface area (Å²) >= 11 is 1.58. The second kappa shape index (κ2) is 6.01. The van der Waals surface area contributed by atoms with Crippen LogP contribution in [-0.4, -0.2) is 32.2 Å². The van der Waals surface area contributed by atoms with Gasteiger partial charge in [-0.3, -0.25) is 0 Å². The lowest BCUT2D eigenvalue weighted by Crippen LogP contribution is -2.03. The summed E-state index contributed by atoms with van der Waals surface area (Å²) in [5.74, 6) is 1.67. The third-order valence-corrected chi connectivity index (χ3v) is 3.33. The van der Waals surface area contributed by atoms with Crippen molar-refractivity contribution < 1.29 is 14.6 Å². The minimum Gasteiger partial charge on any atom is -0.495 e. The van der Waals surface area contributed by atoms with Gasteiger partial charge >= 0.3 is 0 Å². The van der Waals surface area contributed by atoms with Crippen LogP contribution in [0.5, 0.6) is 11.5 Å². The van der Waals surface area contributed by atoms with E-state index in [1.54, 1.807) is 26.0 Å². The summed E-state index contributed by atoms with van der Waals surface area (Å²) in [6.45, 7) is 2.07. The van der Waals surface area contributed by atoms with Gasteiger partial charge in [0.05, 0.1) is 19.1 Å². The summed E-state index contributed by atoms with van der Waals surface area (Å²) in [6.07, 6.45) is 1.98. The van der Waals surface area contributed by atoms with Crippen molar-refractivity contribution in [2.24, 2.45) is 0 Å². The molecule has 0 bridgehead atoms. The fourth-order valence-electron chi connectivity index (χ4n) is 1.61. The van der Waals surface area contributed by atoms with Crippen LogP contribution >= 0.6 is 11.8 Å². The molecule has 0 saturated carbocycles. The van der Waals surface area contributed by atoms with Gasteiger partial charge in [0.2, 0.25) is 0 Å². The molecule has 1 atom stereocenters. The summed E-state index contributed by atoms with van der Waals surface area (Å²) < 4.78 is 10.7. The molecule has 0 heterocycles. The maximum absolute atomic E-state index is 9.20. The van der Waals surface area contributed by atoms with Gasteiger partial charge in [0.15, 0.2) is 0 Å². The van der Waals surface area contributed by atoms with Gasteiger partial charge in [-0.15, -0.1) is 11.8 Å². The molecule has 16 heavy (non-hydrogen) atoms. The first kappa shape index (κ1) is 13.2. The Balaban J connectivity index is 3.31. The molecule has 4 heteroatoms. The van der Waals surface area contributed by atoms with Gasteiger partial charge in [-0.25, -0.2) is 0 Å². The molecule has 90 valence electrons. The van der Waals surface area contributed by atoms with Crippen LogP contribution in [0.15, 0.2) is 17.0 Å². The molecule has 0 aliphatic rings. The topological polar surface area (TPSA) is 38.7 Å². The minimum absolute atomic E-state index is 0.0618. The molecule has 0 fully saturated rings. The van der Waals surface area contributed by atoms with Gasteiger partial charge in [0.25, 0.3) is 0 Å². The quantitative estimate of drug-likeness (QED) is 0.805. The van der Waals surface area contributed by atoms with Crippen LogP contribution in [0.2, 0.25) is 0 Å². The zero-order valence-corrected chi connectivity index (χ0v) is 10.9. The Labute approximate surface area is 101 Å². The Morgan fingerprint density at radius 1 is 1.31 bits per heavy atom. The Bertz CT molecular complexity index is 352. The van der Waals surface area contributed by atoms with Crippen LogP contribution in [0, 0.1) is 0 Å². The van der Waals surface area contributed by atoms with Gasteiger partial charge < -0.3 is 14.6 Å². The van der Waals surface area contributed by atoms with Gasteiger partial charge in [0.1, 0.15) is 11.5 Å². The normalized spacial score (nSPS) is 12.3. The summed E-state index contributed by atoms with van der Waals surface area (Å²) in [6, 6.07) is 3.86. The van der Waals surface area contributed by atoms with Crippen molar-refractivity contribution in [1.82, 2.24) is 0 Å². The second-order valence-corrected chi connectivity index (χ2v) is 4.32. The summed E-state index contributed by atoms with van der Waals surface area (Å²) in [5.41, 5.74) is 1.01. The molecule has 3 nitrogen and oxygen atoms in total. The van der Waals surface area contributed by atoms with Crippen molar-refractivity contribution in [3.63, 3.8) is 0 Å². The van der Waals surface area contributed by atoms with Gasteiger partial charge in [-0.1, -0.05) is 13.0 Å². The number of thioether (sulfide) groups is 1. The third kappa shape index (κ3) is 2.44. The van der Waals surface area contributed by atoms with Crippen molar-refractivity contribution >= 4 is 11.8 Å². The van der Waals surface area contributed by atoms with E-state index in [4.69, 9.17) is 9.47 Å². The second-order valence-electron chi connectivity index (χ2n) is 3.51. The number of hydrogen-bond donors (Lipinski definition) is 1. The monoisotopic (exact) mass is 242 g/mol. The van der Waals surface area contributed by atoms with Crippen molar-refractivity contribution in [1.29, 1.82) is 0 Å². The number of ether oxygens (including phenoxy) is 2. The van der Waals surface area contributed by atoms with Gasteiger partial charge in [-0.2, -0.15) is 0 Å². The van der Waals surface area contributed by atoms with Crippen LogP contribution in [0.3, 0.4) is 0 Å². The van der Waals surface area contributed by atoms with E-state index in [0.29, 0.717) is 0 Å². The Morgan fingerprint density at radius 2 is 2.00 bits per heavy atom. The largest absolute Gasteiger partial charge is 0.495 e. The fraction of sp³-hybridized carbons (Fsp3) is 0.500. The summed E-state index contributed by atoms with van der Waals surface area (Å²) in [7, 11) is 3.28. The molecule has 0 radical (unpaired) electrons. The van der Waals surface area contributed by atoms with Crippen LogP contribution in [-0.2, 0) is 0 Å². The summed E-state index contributed by atoms with van der Waals surface area (Å²) in [5, 5.41) is 9.20. The average molecular weight is 242 g/mol. The lowest BCUT2D eigenvalue weighted by molar-refractivity contribution is 0.268. The number of rotatable bonds is 5. The molecule has 0 aliphatic heterocycles. The predicted molar refractivity (Wildman–Crippen MR) is 66.8 cm³/mol. The van der Waals surface area contributed by atoms with Crippen molar-refractivity contribution in [2.75, 3.05) is 27.1 Å². The maximum Gasteiger partial charge on any atom is 0.139 e. The lowest BCUT2D eigenvalue weighted by atomic mass is 10.0. The van der Waals surface area contributed by atoms with E-state index in [2.05, 4.69) is 0 Å². The highest BCUT2D eigenvalue weighted by molar-refractivity contribution is 7.98. The molecule has 1 aromatic rings. The fourth-order valence-corrected chi connectivity index (χ4v) is 2.35. The van der Waals surface area contributed by atoms with Crippen molar-refractivity contribution in [2.45, 2.75) is 17.7 Å². The molecule has 0 aliphatic carbocycles. The minimum atomic E-state index is 0.0618. The molecule has 1 rings (SSSR count). The first-order valence-corrected chi connectivity index (χ1v) is 6.31. The zero-order chi connectivity index (χ0) is 12.1. The molecule has 0 saturated heterocycles. The first-order valence-electron chi connectivity index (χ1n) is 5.09. The Morgan fingerprint density at radius 3 is 2.44 bits per heavy atom. The molecule has 0 amide bonds. The van der Waals surface area contributed by atoms with Crippen LogP contribution in [0.1, 0.15) is 18.4 Å². The summed E-state index contributed by atoms with van der Waals surface area (Å²) in [4.78, 5) is 0.975. The molecule has 0 aromatic heterocycles. The highest BCUT2D eigenvalue weighted by atomic mass is 32.2. The lowest BCUT2D eigenvalue weighted by Gasteiger charge is -2.18. The van der Waals surface area contributed by atoms with Gasteiger partial charge in [0, 0.05) is 18.1 Å². The van der Waals surface area contributed by atoms with E-state index < -0.39 is 0 Å². The standard InChI is InChI=1S/C12H18O3S/c1-8(7-13)9-5-6-10(14-2)12(16-4)11(9)15-3/h5-6,8,13H,7H2,1-4H3. The van der Waals surface area contributed by atoms with E-state index in [1.807, 2.05) is 25.3 Å². The zero-order valence-electron chi connectivity index (χ0n) is 10.1. The van der Waals surface area contributed by atoms with E-state index in [0.717, 1.165) is 22.0 Å². The molecular formula is C12H18O3S. The van der Waals surface area contributed by atoms with Gasteiger partial charge in [-0.05, 0) is 12.3 Å². The van der Waals surface area contributed by atoms with Crippen LogP contribution in [0.4, 0.5) is 0 Å². The average Bonchev–Trinajstić information content (AvgIpc) is 2.35. The number of hydrogen-bond acceptors (Lipinski definition) is 4. The Hall–Kier alpha value is -0.870. The van der Waals surface area contributed by atoms with E-state index in [1.165, 1.54) is 0 Å². The van der Waals surface area contributed by atoms with Crippen LogP contribution in [0.25, 0.3) is 0 Å². The van der Waals surface area contributed by atoms with Crippen molar-refractivity contribution in [3.8, 4) is 11.5 Å². The third-order valence-electron chi connectivity index (χ3n) is 2.54. The molecule has 1 aromatic carbocycles. The van der Waals surface area contributed by atoms with Crippen LogP contribution < -0.4 is 9.47 Å². The molecule has 1 unspecified atom stereocenters. The molecule has 0 spiro atoms. The highest BCUT2D eigenvalue weighted by Gasteiger charge is 2.17. The predicted octanol–water partition coefficient (Wildman–Crippen LogP) is 2.52. The number of aliphatic hydroxyl groups is 1. The smallest absolute Gasteiger partial charge is 0.139 e. The maximum atomic E-state index is 9.20. The SMILES string of the molecule is COc1ccc(C(C)CO)c(OC)c1SC. The first-order chi connectivity index (χ1) is 7.69. The Kier molecular flexibility index (Phi) is 4.96. The van der Waals surface area contributed by atoms with E-state index in [9.17, 15) is 5.11 Å². The van der Waals surface area contributed by atoms with E-state index in [-0.39, 0.29) is 12.5 Å². The molecule has 1 N–H and O–H groups in total. The van der Waals surface area contributed by atoms with Crippen molar-refractivity contribution in [3.05, 3.63) is 17.7 Å². The number of aliphatic hydroxyl groups excluding tert-OH is 1. The molecular weight excluding hydrogens is 224 g/mol. The highest BCUT2D eigenvalue weighted by Crippen LogP contribution is 2.41. The van der Waals surface area contributed by atoms with E-state index >= 15 is 0 Å². The number of benzene rings is 1.